The van der Waals surface area contributed by atoms with Gasteiger partial charge in [-0.2, -0.15) is 9.41 Å². The fraction of sp³-hybridized carbons (Fsp3) is 0.333. The number of phenols is 1. The Labute approximate surface area is 171 Å². The Morgan fingerprint density at radius 3 is 2.41 bits per heavy atom. The highest BCUT2D eigenvalue weighted by Gasteiger charge is 2.33. The summed E-state index contributed by atoms with van der Waals surface area (Å²) in [6.45, 7) is -0.306. The molecule has 154 valence electrons. The Morgan fingerprint density at radius 1 is 1.07 bits per heavy atom. The Kier molecular flexibility index (Phi) is 7.00. The summed E-state index contributed by atoms with van der Waals surface area (Å²) in [7, 11) is -3.80. The van der Waals surface area contributed by atoms with E-state index in [4.69, 9.17) is 0 Å². The SMILES string of the molecule is O=C(CN(C1CCCCC1)S(=O)(=O)c1ccccc1)N/N=C/c1ccccc1O. The molecule has 0 atom stereocenters. The van der Waals surface area contributed by atoms with Gasteiger partial charge in [0.2, 0.25) is 10.0 Å². The van der Waals surface area contributed by atoms with Crippen molar-refractivity contribution >= 4 is 22.1 Å². The van der Waals surface area contributed by atoms with E-state index in [0.717, 1.165) is 32.1 Å². The summed E-state index contributed by atoms with van der Waals surface area (Å²) in [6, 6.07) is 14.6. The number of nitrogens with zero attached hydrogens (tertiary/aromatic N) is 2. The molecule has 0 aliphatic heterocycles. The largest absolute Gasteiger partial charge is 0.507 e. The number of para-hydroxylation sites is 1. The number of sulfonamides is 1. The summed E-state index contributed by atoms with van der Waals surface area (Å²) >= 11 is 0. The third kappa shape index (κ3) is 5.42. The Balaban J connectivity index is 1.74. The van der Waals surface area contributed by atoms with Gasteiger partial charge in [0.15, 0.2) is 0 Å². The summed E-state index contributed by atoms with van der Waals surface area (Å²) in [4.78, 5) is 12.6. The zero-order chi connectivity index (χ0) is 20.7. The first-order valence-corrected chi connectivity index (χ1v) is 11.1. The smallest absolute Gasteiger partial charge is 0.255 e. The van der Waals surface area contributed by atoms with Crippen molar-refractivity contribution in [3.63, 3.8) is 0 Å². The van der Waals surface area contributed by atoms with Crippen LogP contribution in [0.5, 0.6) is 5.75 Å². The molecule has 2 N–H and O–H groups in total. The average molecular weight is 416 g/mol. The summed E-state index contributed by atoms with van der Waals surface area (Å²) in [5, 5.41) is 13.6. The van der Waals surface area contributed by atoms with Crippen molar-refractivity contribution in [2.24, 2.45) is 5.10 Å². The molecule has 0 unspecified atom stereocenters. The van der Waals surface area contributed by atoms with Crippen LogP contribution in [-0.2, 0) is 14.8 Å². The van der Waals surface area contributed by atoms with Crippen molar-refractivity contribution in [2.75, 3.05) is 6.54 Å². The first kappa shape index (κ1) is 21.0. The van der Waals surface area contributed by atoms with Crippen molar-refractivity contribution < 1.29 is 18.3 Å². The van der Waals surface area contributed by atoms with Gasteiger partial charge >= 0.3 is 0 Å². The van der Waals surface area contributed by atoms with Crippen LogP contribution in [0.1, 0.15) is 37.7 Å². The minimum Gasteiger partial charge on any atom is -0.507 e. The number of hydrazone groups is 1. The van der Waals surface area contributed by atoms with Crippen LogP contribution >= 0.6 is 0 Å². The highest BCUT2D eigenvalue weighted by atomic mass is 32.2. The van der Waals surface area contributed by atoms with E-state index in [1.165, 1.54) is 16.6 Å². The zero-order valence-electron chi connectivity index (χ0n) is 16.1. The molecular formula is C21H25N3O4S. The lowest BCUT2D eigenvalue weighted by atomic mass is 9.95. The van der Waals surface area contributed by atoms with E-state index in [2.05, 4.69) is 10.5 Å². The third-order valence-corrected chi connectivity index (χ3v) is 6.87. The second-order valence-corrected chi connectivity index (χ2v) is 8.90. The van der Waals surface area contributed by atoms with E-state index in [9.17, 15) is 18.3 Å². The summed E-state index contributed by atoms with van der Waals surface area (Å²) in [5.41, 5.74) is 2.82. The Morgan fingerprint density at radius 2 is 1.72 bits per heavy atom. The average Bonchev–Trinajstić information content (AvgIpc) is 2.74. The van der Waals surface area contributed by atoms with E-state index in [1.807, 2.05) is 0 Å². The molecule has 7 nitrogen and oxygen atoms in total. The minimum atomic E-state index is -3.80. The van der Waals surface area contributed by atoms with Crippen LogP contribution in [0, 0.1) is 0 Å². The van der Waals surface area contributed by atoms with E-state index < -0.39 is 15.9 Å². The predicted molar refractivity (Wildman–Crippen MR) is 111 cm³/mol. The van der Waals surface area contributed by atoms with E-state index in [1.54, 1.807) is 48.5 Å². The van der Waals surface area contributed by atoms with Gasteiger partial charge in [0.05, 0.1) is 17.7 Å². The normalized spacial score (nSPS) is 15.6. The Bertz CT molecular complexity index is 955. The first-order chi connectivity index (χ1) is 14.0. The number of hydrogen-bond donors (Lipinski definition) is 2. The predicted octanol–water partition coefficient (Wildman–Crippen LogP) is 2.87. The molecular weight excluding hydrogens is 390 g/mol. The van der Waals surface area contributed by atoms with Gasteiger partial charge < -0.3 is 5.11 Å². The molecule has 0 aromatic heterocycles. The topological polar surface area (TPSA) is 99.1 Å². The fourth-order valence-electron chi connectivity index (χ4n) is 3.45. The molecule has 0 radical (unpaired) electrons. The lowest BCUT2D eigenvalue weighted by Crippen LogP contribution is -2.46. The number of carbonyl (C=O) groups excluding carboxylic acids is 1. The highest BCUT2D eigenvalue weighted by Crippen LogP contribution is 2.27. The van der Waals surface area contributed by atoms with E-state index >= 15 is 0 Å². The second-order valence-electron chi connectivity index (χ2n) is 7.01. The summed E-state index contributed by atoms with van der Waals surface area (Å²) < 4.78 is 27.7. The summed E-state index contributed by atoms with van der Waals surface area (Å²) in [6.07, 6.45) is 5.76. The monoisotopic (exact) mass is 415 g/mol. The van der Waals surface area contributed by atoms with E-state index in [-0.39, 0.29) is 23.2 Å². The van der Waals surface area contributed by atoms with Crippen LogP contribution in [-0.4, -0.2) is 42.5 Å². The number of phenolic OH excluding ortho intramolecular Hbond substituents is 1. The molecule has 1 saturated carbocycles. The van der Waals surface area contributed by atoms with Gasteiger partial charge in [0.25, 0.3) is 5.91 Å². The van der Waals surface area contributed by atoms with Gasteiger partial charge in [0, 0.05) is 11.6 Å². The minimum absolute atomic E-state index is 0.0426. The van der Waals surface area contributed by atoms with Crippen molar-refractivity contribution in [2.45, 2.75) is 43.0 Å². The van der Waals surface area contributed by atoms with Gasteiger partial charge in [-0.25, -0.2) is 13.8 Å². The van der Waals surface area contributed by atoms with Crippen molar-refractivity contribution in [1.29, 1.82) is 0 Å². The van der Waals surface area contributed by atoms with Crippen LogP contribution in [0.25, 0.3) is 0 Å². The van der Waals surface area contributed by atoms with Crippen LogP contribution in [0.15, 0.2) is 64.6 Å². The molecule has 29 heavy (non-hydrogen) atoms. The van der Waals surface area contributed by atoms with Crippen LogP contribution in [0.4, 0.5) is 0 Å². The maximum Gasteiger partial charge on any atom is 0.255 e. The number of benzene rings is 2. The molecule has 1 fully saturated rings. The molecule has 0 bridgehead atoms. The number of nitrogens with one attached hydrogen (secondary N) is 1. The van der Waals surface area contributed by atoms with E-state index in [0.29, 0.717) is 5.56 Å². The highest BCUT2D eigenvalue weighted by molar-refractivity contribution is 7.89. The van der Waals surface area contributed by atoms with Gasteiger partial charge in [-0.15, -0.1) is 0 Å². The zero-order valence-corrected chi connectivity index (χ0v) is 16.9. The van der Waals surface area contributed by atoms with Crippen LogP contribution in [0.2, 0.25) is 0 Å². The van der Waals surface area contributed by atoms with Crippen LogP contribution < -0.4 is 5.43 Å². The summed E-state index contributed by atoms with van der Waals surface area (Å²) in [5.74, 6) is -0.484. The van der Waals surface area contributed by atoms with Gasteiger partial charge in [-0.05, 0) is 37.1 Å². The Hall–Kier alpha value is -2.71. The molecule has 0 heterocycles. The standard InChI is InChI=1S/C21H25N3O4S/c25-20-14-8-7-9-17(20)15-22-23-21(26)16-24(18-10-3-1-4-11-18)29(27,28)19-12-5-2-6-13-19/h2,5-9,12-15,18,25H,1,3-4,10-11,16H2,(H,23,26)/b22-15+. The lowest BCUT2D eigenvalue weighted by Gasteiger charge is -2.32. The maximum absolute atomic E-state index is 13.2. The maximum atomic E-state index is 13.2. The van der Waals surface area contributed by atoms with Crippen LogP contribution in [0.3, 0.4) is 0 Å². The third-order valence-electron chi connectivity index (χ3n) is 4.96. The molecule has 1 amide bonds. The first-order valence-electron chi connectivity index (χ1n) is 9.65. The number of rotatable bonds is 7. The molecule has 2 aromatic carbocycles. The van der Waals surface area contributed by atoms with Gasteiger partial charge in [-0.1, -0.05) is 49.6 Å². The van der Waals surface area contributed by atoms with Crippen molar-refractivity contribution in [3.8, 4) is 5.75 Å². The molecule has 1 aliphatic carbocycles. The van der Waals surface area contributed by atoms with Gasteiger partial charge in [-0.3, -0.25) is 4.79 Å². The molecule has 0 spiro atoms. The fourth-order valence-corrected chi connectivity index (χ4v) is 5.12. The van der Waals surface area contributed by atoms with Gasteiger partial charge in [0.1, 0.15) is 5.75 Å². The lowest BCUT2D eigenvalue weighted by molar-refractivity contribution is -0.121. The molecule has 0 saturated heterocycles. The van der Waals surface area contributed by atoms with Crippen molar-refractivity contribution in [1.82, 2.24) is 9.73 Å². The number of hydrogen-bond acceptors (Lipinski definition) is 5. The molecule has 8 heteroatoms. The number of aromatic hydroxyl groups is 1. The number of carbonyl (C=O) groups is 1. The quantitative estimate of drug-likeness (QED) is 0.536. The molecule has 1 aliphatic rings. The van der Waals surface area contributed by atoms with Crippen molar-refractivity contribution in [3.05, 3.63) is 60.2 Å². The second kappa shape index (κ2) is 9.67. The molecule has 2 aromatic rings. The number of amides is 1. The molecule has 3 rings (SSSR count).